The molecule has 2 aromatic rings. The number of carbonyl (C=O) groups excluding carboxylic acids is 2. The fraction of sp³-hybridized carbons (Fsp3) is 0.333. The van der Waals surface area contributed by atoms with Crippen LogP contribution in [0.25, 0.3) is 0 Å². The number of hydrogen-bond acceptors (Lipinski definition) is 3. The standard InChI is InChI=1S/C21H26ClN3O2/c1-14-9-15(2)21(16(3)10-14)24-20(27)13-25(4)12-19(26)23-11-17-5-7-18(22)8-6-17/h5-10H,11-13H2,1-4H3,(H,23,26)(H,24,27). The normalized spacial score (nSPS) is 10.7. The summed E-state index contributed by atoms with van der Waals surface area (Å²) < 4.78 is 0. The molecule has 0 aromatic heterocycles. The summed E-state index contributed by atoms with van der Waals surface area (Å²) in [7, 11) is 1.75. The van der Waals surface area contributed by atoms with Crippen molar-refractivity contribution in [3.8, 4) is 0 Å². The molecule has 0 bridgehead atoms. The number of amides is 2. The molecule has 0 aliphatic carbocycles. The molecule has 6 heteroatoms. The molecule has 27 heavy (non-hydrogen) atoms. The van der Waals surface area contributed by atoms with Crippen molar-refractivity contribution in [1.82, 2.24) is 10.2 Å². The van der Waals surface area contributed by atoms with Gasteiger partial charge in [-0.1, -0.05) is 41.4 Å². The first-order valence-electron chi connectivity index (χ1n) is 8.82. The van der Waals surface area contributed by atoms with Gasteiger partial charge in [0.1, 0.15) is 0 Å². The van der Waals surface area contributed by atoms with E-state index < -0.39 is 0 Å². The zero-order chi connectivity index (χ0) is 20.0. The second-order valence-corrected chi connectivity index (χ2v) is 7.33. The Hall–Kier alpha value is -2.37. The fourth-order valence-electron chi connectivity index (χ4n) is 2.96. The van der Waals surface area contributed by atoms with Gasteiger partial charge in [0.25, 0.3) is 0 Å². The lowest BCUT2D eigenvalue weighted by Gasteiger charge is -2.18. The lowest BCUT2D eigenvalue weighted by atomic mass is 10.1. The van der Waals surface area contributed by atoms with E-state index in [1.54, 1.807) is 24.1 Å². The Morgan fingerprint density at radius 3 is 2.11 bits per heavy atom. The Balaban J connectivity index is 1.80. The summed E-state index contributed by atoms with van der Waals surface area (Å²) in [6.45, 7) is 6.70. The van der Waals surface area contributed by atoms with Crippen molar-refractivity contribution in [1.29, 1.82) is 0 Å². The van der Waals surface area contributed by atoms with E-state index in [-0.39, 0.29) is 24.9 Å². The Morgan fingerprint density at radius 2 is 1.52 bits per heavy atom. The highest BCUT2D eigenvalue weighted by molar-refractivity contribution is 6.30. The number of benzene rings is 2. The van der Waals surface area contributed by atoms with Crippen molar-refractivity contribution < 1.29 is 9.59 Å². The number of likely N-dealkylation sites (N-methyl/N-ethyl adjacent to an activating group) is 1. The highest BCUT2D eigenvalue weighted by Gasteiger charge is 2.13. The Labute approximate surface area is 165 Å². The largest absolute Gasteiger partial charge is 0.351 e. The summed E-state index contributed by atoms with van der Waals surface area (Å²) in [6, 6.07) is 11.4. The number of hydrogen-bond donors (Lipinski definition) is 2. The van der Waals surface area contributed by atoms with Crippen LogP contribution in [0.15, 0.2) is 36.4 Å². The van der Waals surface area contributed by atoms with Crippen LogP contribution in [0.3, 0.4) is 0 Å². The minimum absolute atomic E-state index is 0.136. The predicted octanol–water partition coefficient (Wildman–Crippen LogP) is 3.45. The van der Waals surface area contributed by atoms with Gasteiger partial charge in [-0.15, -0.1) is 0 Å². The number of rotatable bonds is 7. The first-order valence-corrected chi connectivity index (χ1v) is 9.20. The van der Waals surface area contributed by atoms with Crippen molar-refractivity contribution >= 4 is 29.1 Å². The minimum Gasteiger partial charge on any atom is -0.351 e. The van der Waals surface area contributed by atoms with Gasteiger partial charge in [0.2, 0.25) is 11.8 Å². The molecular formula is C21H26ClN3O2. The smallest absolute Gasteiger partial charge is 0.238 e. The quantitative estimate of drug-likeness (QED) is 0.764. The molecule has 5 nitrogen and oxygen atoms in total. The van der Waals surface area contributed by atoms with E-state index in [1.807, 2.05) is 45.0 Å². The van der Waals surface area contributed by atoms with Crippen LogP contribution in [-0.2, 0) is 16.1 Å². The number of halogens is 1. The maximum atomic E-state index is 12.3. The van der Waals surface area contributed by atoms with Crippen LogP contribution in [0.1, 0.15) is 22.3 Å². The highest BCUT2D eigenvalue weighted by Crippen LogP contribution is 2.21. The van der Waals surface area contributed by atoms with E-state index in [4.69, 9.17) is 11.6 Å². The molecule has 2 amide bonds. The maximum Gasteiger partial charge on any atom is 0.238 e. The molecule has 0 fully saturated rings. The van der Waals surface area contributed by atoms with Gasteiger partial charge in [0.05, 0.1) is 13.1 Å². The van der Waals surface area contributed by atoms with Crippen molar-refractivity contribution in [3.63, 3.8) is 0 Å². The molecule has 2 rings (SSSR count). The predicted molar refractivity (Wildman–Crippen MR) is 110 cm³/mol. The molecule has 0 unspecified atom stereocenters. The van der Waals surface area contributed by atoms with Crippen LogP contribution >= 0.6 is 11.6 Å². The van der Waals surface area contributed by atoms with E-state index in [0.717, 1.165) is 27.9 Å². The number of carbonyl (C=O) groups is 2. The van der Waals surface area contributed by atoms with Gasteiger partial charge in [0.15, 0.2) is 0 Å². The second-order valence-electron chi connectivity index (χ2n) is 6.90. The van der Waals surface area contributed by atoms with Crippen LogP contribution in [-0.4, -0.2) is 36.9 Å². The average Bonchev–Trinajstić information content (AvgIpc) is 2.57. The van der Waals surface area contributed by atoms with Crippen LogP contribution in [0.2, 0.25) is 5.02 Å². The van der Waals surface area contributed by atoms with E-state index in [0.29, 0.717) is 11.6 Å². The lowest BCUT2D eigenvalue weighted by molar-refractivity contribution is -0.123. The Kier molecular flexibility index (Phi) is 7.39. The van der Waals surface area contributed by atoms with E-state index in [1.165, 1.54) is 0 Å². The van der Waals surface area contributed by atoms with Crippen LogP contribution in [0.4, 0.5) is 5.69 Å². The van der Waals surface area contributed by atoms with Gasteiger partial charge in [-0.2, -0.15) is 0 Å². The van der Waals surface area contributed by atoms with Crippen molar-refractivity contribution in [2.24, 2.45) is 0 Å². The molecule has 0 saturated heterocycles. The van der Waals surface area contributed by atoms with E-state index in [9.17, 15) is 9.59 Å². The molecule has 0 radical (unpaired) electrons. The maximum absolute atomic E-state index is 12.3. The molecular weight excluding hydrogens is 362 g/mol. The van der Waals surface area contributed by atoms with Crippen LogP contribution in [0, 0.1) is 20.8 Å². The third-order valence-corrected chi connectivity index (χ3v) is 4.42. The van der Waals surface area contributed by atoms with Gasteiger partial charge in [-0.3, -0.25) is 14.5 Å². The van der Waals surface area contributed by atoms with Gasteiger partial charge in [-0.25, -0.2) is 0 Å². The summed E-state index contributed by atoms with van der Waals surface area (Å²) in [5.74, 6) is -0.277. The third-order valence-electron chi connectivity index (χ3n) is 4.17. The summed E-state index contributed by atoms with van der Waals surface area (Å²) in [5.41, 5.74) is 5.04. The summed E-state index contributed by atoms with van der Waals surface area (Å²) >= 11 is 5.84. The lowest BCUT2D eigenvalue weighted by Crippen LogP contribution is -2.38. The highest BCUT2D eigenvalue weighted by atomic mass is 35.5. The van der Waals surface area contributed by atoms with Crippen LogP contribution < -0.4 is 10.6 Å². The van der Waals surface area contributed by atoms with Gasteiger partial charge < -0.3 is 10.6 Å². The average molecular weight is 388 g/mol. The topological polar surface area (TPSA) is 61.4 Å². The fourth-order valence-corrected chi connectivity index (χ4v) is 3.09. The van der Waals surface area contributed by atoms with Crippen molar-refractivity contribution in [2.75, 3.05) is 25.5 Å². The zero-order valence-electron chi connectivity index (χ0n) is 16.2. The van der Waals surface area contributed by atoms with Crippen molar-refractivity contribution in [2.45, 2.75) is 27.3 Å². The monoisotopic (exact) mass is 387 g/mol. The molecule has 0 atom stereocenters. The first kappa shape index (κ1) is 20.9. The number of nitrogens with one attached hydrogen (secondary N) is 2. The minimum atomic E-state index is -0.141. The summed E-state index contributed by atoms with van der Waals surface area (Å²) in [5, 5.41) is 6.45. The molecule has 0 heterocycles. The zero-order valence-corrected chi connectivity index (χ0v) is 17.0. The van der Waals surface area contributed by atoms with Gasteiger partial charge >= 0.3 is 0 Å². The molecule has 2 aromatic carbocycles. The van der Waals surface area contributed by atoms with Crippen molar-refractivity contribution in [3.05, 3.63) is 63.7 Å². The Morgan fingerprint density at radius 1 is 0.963 bits per heavy atom. The molecule has 0 saturated carbocycles. The summed E-state index contributed by atoms with van der Waals surface area (Å²) in [4.78, 5) is 26.1. The van der Waals surface area contributed by atoms with E-state index >= 15 is 0 Å². The van der Waals surface area contributed by atoms with E-state index in [2.05, 4.69) is 10.6 Å². The molecule has 0 aliphatic heterocycles. The van der Waals surface area contributed by atoms with Gasteiger partial charge in [0, 0.05) is 17.3 Å². The third kappa shape index (κ3) is 6.70. The number of aryl methyl sites for hydroxylation is 3. The second kappa shape index (κ2) is 9.53. The molecule has 0 spiro atoms. The molecule has 144 valence electrons. The number of anilines is 1. The Bertz CT molecular complexity index is 796. The first-order chi connectivity index (χ1) is 12.7. The molecule has 0 aliphatic rings. The molecule has 2 N–H and O–H groups in total. The SMILES string of the molecule is Cc1cc(C)c(NC(=O)CN(C)CC(=O)NCc2ccc(Cl)cc2)c(C)c1. The number of nitrogens with zero attached hydrogens (tertiary/aromatic N) is 1. The summed E-state index contributed by atoms with van der Waals surface area (Å²) in [6.07, 6.45) is 0. The van der Waals surface area contributed by atoms with Crippen LogP contribution in [0.5, 0.6) is 0 Å². The van der Waals surface area contributed by atoms with Gasteiger partial charge in [-0.05, 0) is 56.6 Å².